The summed E-state index contributed by atoms with van der Waals surface area (Å²) < 4.78 is 24.4. The number of hydrogen-bond acceptors (Lipinski definition) is 4. The number of rotatable bonds is 7. The zero-order valence-corrected chi connectivity index (χ0v) is 14.7. The smallest absolute Gasteiger partial charge is 0.246 e. The van der Waals surface area contributed by atoms with Crippen LogP contribution >= 0.6 is 0 Å². The number of nitrogens with zero attached hydrogens (tertiary/aromatic N) is 3. The molecule has 7 heteroatoms. The van der Waals surface area contributed by atoms with Crippen LogP contribution < -0.4 is 0 Å². The summed E-state index contributed by atoms with van der Waals surface area (Å²) in [5.41, 5.74) is 3.44. The lowest BCUT2D eigenvalue weighted by Crippen LogP contribution is -2.32. The van der Waals surface area contributed by atoms with E-state index in [9.17, 15) is 13.2 Å². The van der Waals surface area contributed by atoms with Crippen molar-refractivity contribution in [3.63, 3.8) is 0 Å². The highest BCUT2D eigenvalue weighted by molar-refractivity contribution is 7.90. The Kier molecular flexibility index (Phi) is 5.62. The van der Waals surface area contributed by atoms with Crippen LogP contribution in [0.3, 0.4) is 0 Å². The van der Waals surface area contributed by atoms with Gasteiger partial charge >= 0.3 is 0 Å². The lowest BCUT2D eigenvalue weighted by atomic mass is 9.95. The van der Waals surface area contributed by atoms with Crippen LogP contribution in [0.25, 0.3) is 0 Å². The summed E-state index contributed by atoms with van der Waals surface area (Å²) in [7, 11) is -1.11. The maximum Gasteiger partial charge on any atom is 0.246 e. The van der Waals surface area contributed by atoms with E-state index in [2.05, 4.69) is 11.7 Å². The molecule has 0 unspecified atom stereocenters. The Labute approximate surface area is 138 Å². The van der Waals surface area contributed by atoms with Gasteiger partial charge in [0.1, 0.15) is 9.84 Å². The Morgan fingerprint density at radius 3 is 2.74 bits per heavy atom. The van der Waals surface area contributed by atoms with Crippen LogP contribution in [0.5, 0.6) is 0 Å². The van der Waals surface area contributed by atoms with E-state index in [1.54, 1.807) is 4.90 Å². The molecule has 0 N–H and O–H groups in total. The second-order valence-corrected chi connectivity index (χ2v) is 8.41. The number of aromatic nitrogens is 2. The van der Waals surface area contributed by atoms with Gasteiger partial charge in [-0.1, -0.05) is 6.58 Å². The van der Waals surface area contributed by atoms with E-state index < -0.39 is 9.84 Å². The minimum absolute atomic E-state index is 0.0808. The van der Waals surface area contributed by atoms with Gasteiger partial charge in [-0.2, -0.15) is 5.10 Å². The van der Waals surface area contributed by atoms with Crippen molar-refractivity contribution in [2.75, 3.05) is 18.6 Å². The molecule has 23 heavy (non-hydrogen) atoms. The van der Waals surface area contributed by atoms with Gasteiger partial charge in [0.2, 0.25) is 5.91 Å². The molecule has 0 atom stereocenters. The highest BCUT2D eigenvalue weighted by Gasteiger charge is 2.22. The number of carbonyl (C=O) groups excluding carboxylic acids is 1. The van der Waals surface area contributed by atoms with Gasteiger partial charge in [0.25, 0.3) is 0 Å². The molecule has 1 amide bonds. The van der Waals surface area contributed by atoms with E-state index in [1.165, 1.54) is 17.9 Å². The molecule has 0 saturated carbocycles. The van der Waals surface area contributed by atoms with E-state index in [-0.39, 0.29) is 11.7 Å². The second-order valence-electron chi connectivity index (χ2n) is 6.15. The first-order valence-corrected chi connectivity index (χ1v) is 10.0. The van der Waals surface area contributed by atoms with Gasteiger partial charge in [0.05, 0.1) is 23.7 Å². The zero-order valence-electron chi connectivity index (χ0n) is 13.9. The lowest BCUT2D eigenvalue weighted by Gasteiger charge is -2.22. The van der Waals surface area contributed by atoms with E-state index >= 15 is 0 Å². The highest BCUT2D eigenvalue weighted by Crippen LogP contribution is 2.24. The average molecular weight is 339 g/mol. The van der Waals surface area contributed by atoms with Gasteiger partial charge in [-0.05, 0) is 43.7 Å². The highest BCUT2D eigenvalue weighted by atomic mass is 32.2. The molecule has 0 radical (unpaired) electrons. The Balaban J connectivity index is 2.13. The molecule has 0 aliphatic heterocycles. The first-order chi connectivity index (χ1) is 10.8. The normalized spacial score (nSPS) is 14.3. The molecule has 0 aromatic carbocycles. The van der Waals surface area contributed by atoms with Crippen LogP contribution in [0.1, 0.15) is 36.2 Å². The third-order valence-corrected chi connectivity index (χ3v) is 5.25. The van der Waals surface area contributed by atoms with Crippen molar-refractivity contribution in [3.8, 4) is 0 Å². The predicted octanol–water partition coefficient (Wildman–Crippen LogP) is 1.25. The molecule has 0 spiro atoms. The minimum Gasteiger partial charge on any atom is -0.333 e. The van der Waals surface area contributed by atoms with Crippen molar-refractivity contribution in [1.29, 1.82) is 0 Å². The molecule has 6 nitrogen and oxygen atoms in total. The van der Waals surface area contributed by atoms with Crippen molar-refractivity contribution in [3.05, 3.63) is 29.6 Å². The molecule has 128 valence electrons. The molecule has 1 aromatic heterocycles. The summed E-state index contributed by atoms with van der Waals surface area (Å²) in [6, 6.07) is 0. The van der Waals surface area contributed by atoms with Gasteiger partial charge < -0.3 is 4.90 Å². The van der Waals surface area contributed by atoms with Crippen LogP contribution in [0, 0.1) is 0 Å². The monoisotopic (exact) mass is 339 g/mol. The van der Waals surface area contributed by atoms with Crippen LogP contribution in [0.15, 0.2) is 12.7 Å². The van der Waals surface area contributed by atoms with E-state index in [1.807, 2.05) is 11.7 Å². The Bertz CT molecular complexity index is 692. The topological polar surface area (TPSA) is 72.3 Å². The number of carbonyl (C=O) groups is 1. The zero-order chi connectivity index (χ0) is 17.0. The quantitative estimate of drug-likeness (QED) is 0.701. The molecule has 0 bridgehead atoms. The van der Waals surface area contributed by atoms with Gasteiger partial charge in [-0.3, -0.25) is 9.48 Å². The summed E-state index contributed by atoms with van der Waals surface area (Å²) in [6.45, 7) is 4.40. The molecule has 1 aliphatic carbocycles. The summed E-state index contributed by atoms with van der Waals surface area (Å²) in [6.07, 6.45) is 7.22. The van der Waals surface area contributed by atoms with Crippen molar-refractivity contribution in [2.24, 2.45) is 7.05 Å². The lowest BCUT2D eigenvalue weighted by molar-refractivity contribution is -0.126. The third-order valence-electron chi connectivity index (χ3n) is 4.22. The molecule has 2 rings (SSSR count). The van der Waals surface area contributed by atoms with Crippen LogP contribution in [0.2, 0.25) is 0 Å². The molecule has 1 heterocycles. The van der Waals surface area contributed by atoms with Crippen LogP contribution in [-0.2, 0) is 41.1 Å². The molecular formula is C16H25N3O3S. The van der Waals surface area contributed by atoms with Crippen molar-refractivity contribution >= 4 is 15.7 Å². The fourth-order valence-corrected chi connectivity index (χ4v) is 3.69. The molecule has 1 aliphatic rings. The van der Waals surface area contributed by atoms with Crippen molar-refractivity contribution in [1.82, 2.24) is 14.7 Å². The summed E-state index contributed by atoms with van der Waals surface area (Å²) in [5, 5.41) is 4.57. The first-order valence-electron chi connectivity index (χ1n) is 7.94. The van der Waals surface area contributed by atoms with Crippen LogP contribution in [0.4, 0.5) is 0 Å². The van der Waals surface area contributed by atoms with Gasteiger partial charge in [-0.25, -0.2) is 8.42 Å². The predicted molar refractivity (Wildman–Crippen MR) is 89.8 cm³/mol. The number of aryl methyl sites for hydroxylation is 2. The van der Waals surface area contributed by atoms with Crippen LogP contribution in [-0.4, -0.2) is 47.6 Å². The molecule has 0 saturated heterocycles. The first kappa shape index (κ1) is 17.7. The van der Waals surface area contributed by atoms with Gasteiger partial charge in [0, 0.05) is 19.8 Å². The number of fused-ring (bicyclic) bond motifs is 1. The SMILES string of the molecule is C=CC(=O)N(CCCS(C)(=O)=O)Cc1c2c(nn1C)CCCC2. The Hall–Kier alpha value is -1.63. The van der Waals surface area contributed by atoms with E-state index in [0.29, 0.717) is 19.5 Å². The van der Waals surface area contributed by atoms with Gasteiger partial charge in [0.15, 0.2) is 0 Å². The maximum atomic E-state index is 12.1. The fraction of sp³-hybridized carbons (Fsp3) is 0.625. The minimum atomic E-state index is -3.02. The Morgan fingerprint density at radius 2 is 2.09 bits per heavy atom. The van der Waals surface area contributed by atoms with Crippen molar-refractivity contribution in [2.45, 2.75) is 38.6 Å². The number of hydrogen-bond donors (Lipinski definition) is 0. The summed E-state index contributed by atoms with van der Waals surface area (Å²) in [4.78, 5) is 13.8. The third kappa shape index (κ3) is 4.67. The number of sulfone groups is 1. The van der Waals surface area contributed by atoms with E-state index in [0.717, 1.165) is 37.1 Å². The number of amides is 1. The summed E-state index contributed by atoms with van der Waals surface area (Å²) in [5.74, 6) is -0.0958. The summed E-state index contributed by atoms with van der Waals surface area (Å²) >= 11 is 0. The maximum absolute atomic E-state index is 12.1. The van der Waals surface area contributed by atoms with Gasteiger partial charge in [-0.15, -0.1) is 0 Å². The molecular weight excluding hydrogens is 314 g/mol. The second kappa shape index (κ2) is 7.29. The standard InChI is InChI=1S/C16H25N3O3S/c1-4-16(20)19(10-7-11-23(3,21)22)12-15-13-8-5-6-9-14(13)17-18(15)2/h4H,1,5-12H2,2-3H3. The molecule has 1 aromatic rings. The average Bonchev–Trinajstić information content (AvgIpc) is 2.80. The Morgan fingerprint density at radius 1 is 1.39 bits per heavy atom. The van der Waals surface area contributed by atoms with Crippen molar-refractivity contribution < 1.29 is 13.2 Å². The van der Waals surface area contributed by atoms with E-state index in [4.69, 9.17) is 0 Å². The fourth-order valence-electron chi connectivity index (χ4n) is 3.04. The largest absolute Gasteiger partial charge is 0.333 e. The molecule has 0 fully saturated rings.